The van der Waals surface area contributed by atoms with E-state index in [4.69, 9.17) is 11.1 Å². The third kappa shape index (κ3) is 3.35. The van der Waals surface area contributed by atoms with E-state index < -0.39 is 0 Å². The van der Waals surface area contributed by atoms with Gasteiger partial charge in [-0.2, -0.15) is 0 Å². The van der Waals surface area contributed by atoms with Gasteiger partial charge in [-0.05, 0) is 30.7 Å². The van der Waals surface area contributed by atoms with Gasteiger partial charge in [0.2, 0.25) is 0 Å². The minimum absolute atomic E-state index is 0.111. The Morgan fingerprint density at radius 3 is 2.63 bits per heavy atom. The lowest BCUT2D eigenvalue weighted by Crippen LogP contribution is -2.17. The van der Waals surface area contributed by atoms with Gasteiger partial charge in [0.05, 0.1) is 6.54 Å². The Hall–Kier alpha value is -1.81. The maximum atomic E-state index is 7.48. The number of hydrogen-bond donors (Lipinski definition) is 2. The van der Waals surface area contributed by atoms with Crippen LogP contribution in [0.15, 0.2) is 36.4 Å². The zero-order chi connectivity index (χ0) is 13.8. The van der Waals surface area contributed by atoms with Crippen molar-refractivity contribution in [3.63, 3.8) is 0 Å². The number of nitrogens with zero attached hydrogens (tertiary/aromatic N) is 1. The molecule has 2 aromatic rings. The van der Waals surface area contributed by atoms with Gasteiger partial charge in [0, 0.05) is 28.1 Å². The van der Waals surface area contributed by atoms with Crippen molar-refractivity contribution in [2.24, 2.45) is 5.73 Å². The number of hydrogen-bond acceptors (Lipinski definition) is 3. The smallest absolute Gasteiger partial charge is 0.122 e. The second-order valence-electron chi connectivity index (χ2n) is 4.54. The van der Waals surface area contributed by atoms with Crippen LogP contribution in [0.25, 0.3) is 0 Å². The normalized spacial score (nSPS) is 10.4. The summed E-state index contributed by atoms with van der Waals surface area (Å²) in [7, 11) is 2.06. The van der Waals surface area contributed by atoms with E-state index in [0.717, 1.165) is 24.2 Å². The molecule has 0 saturated carbocycles. The monoisotopic (exact) mass is 273 g/mol. The van der Waals surface area contributed by atoms with E-state index in [-0.39, 0.29) is 5.84 Å². The predicted molar refractivity (Wildman–Crippen MR) is 83.3 cm³/mol. The van der Waals surface area contributed by atoms with Gasteiger partial charge in [0.15, 0.2) is 0 Å². The van der Waals surface area contributed by atoms with Gasteiger partial charge in [-0.15, -0.1) is 11.3 Å². The molecule has 4 heteroatoms. The highest BCUT2D eigenvalue weighted by Gasteiger charge is 2.06. The summed E-state index contributed by atoms with van der Waals surface area (Å²) >= 11 is 1.86. The van der Waals surface area contributed by atoms with Crippen LogP contribution in [0, 0.1) is 5.41 Å². The molecular formula is C15H19N3S. The number of anilines is 1. The number of nitrogens with two attached hydrogens (primary N) is 1. The second kappa shape index (κ2) is 5.89. The van der Waals surface area contributed by atoms with E-state index in [2.05, 4.69) is 31.0 Å². The van der Waals surface area contributed by atoms with E-state index in [9.17, 15) is 0 Å². The molecule has 100 valence electrons. The van der Waals surface area contributed by atoms with E-state index in [1.807, 2.05) is 35.6 Å². The van der Waals surface area contributed by atoms with Crippen LogP contribution < -0.4 is 10.6 Å². The first-order valence-corrected chi connectivity index (χ1v) is 7.15. The number of thiophene rings is 1. The van der Waals surface area contributed by atoms with E-state index in [0.29, 0.717) is 0 Å². The molecule has 3 nitrogen and oxygen atoms in total. The predicted octanol–water partition coefficient (Wildman–Crippen LogP) is 3.23. The standard InChI is InChI=1S/C15H19N3S/c1-3-13-7-8-14(19-13)10-18(2)12-6-4-5-11(9-12)15(16)17/h4-9H,3,10H2,1-2H3,(H3,16,17). The van der Waals surface area contributed by atoms with Crippen molar-refractivity contribution in [1.82, 2.24) is 0 Å². The van der Waals surface area contributed by atoms with Gasteiger partial charge in [-0.25, -0.2) is 0 Å². The van der Waals surface area contributed by atoms with Crippen molar-refractivity contribution < 1.29 is 0 Å². The minimum atomic E-state index is 0.111. The summed E-state index contributed by atoms with van der Waals surface area (Å²) in [5, 5.41) is 7.48. The summed E-state index contributed by atoms with van der Waals surface area (Å²) in [6.07, 6.45) is 1.09. The Bertz CT molecular complexity index is 574. The maximum absolute atomic E-state index is 7.48. The van der Waals surface area contributed by atoms with Crippen molar-refractivity contribution in [3.05, 3.63) is 51.7 Å². The number of nitrogen functional groups attached to an aromatic ring is 1. The summed E-state index contributed by atoms with van der Waals surface area (Å²) in [5.74, 6) is 0.111. The number of benzene rings is 1. The van der Waals surface area contributed by atoms with E-state index in [1.54, 1.807) is 0 Å². The van der Waals surface area contributed by atoms with Crippen LogP contribution >= 0.6 is 11.3 Å². The van der Waals surface area contributed by atoms with Gasteiger partial charge in [-0.3, -0.25) is 5.41 Å². The van der Waals surface area contributed by atoms with Crippen molar-refractivity contribution >= 4 is 22.9 Å². The molecule has 0 spiro atoms. The van der Waals surface area contributed by atoms with Crippen molar-refractivity contribution in [3.8, 4) is 0 Å². The minimum Gasteiger partial charge on any atom is -0.384 e. The van der Waals surface area contributed by atoms with Crippen molar-refractivity contribution in [2.45, 2.75) is 19.9 Å². The van der Waals surface area contributed by atoms with Gasteiger partial charge in [0.25, 0.3) is 0 Å². The number of aryl methyl sites for hydroxylation is 1. The van der Waals surface area contributed by atoms with Crippen LogP contribution in [-0.4, -0.2) is 12.9 Å². The SMILES string of the molecule is CCc1ccc(CN(C)c2cccc(C(=N)N)c2)s1. The molecular weight excluding hydrogens is 254 g/mol. The number of rotatable bonds is 5. The Morgan fingerprint density at radius 1 is 1.26 bits per heavy atom. The Labute approximate surface area is 118 Å². The second-order valence-corrected chi connectivity index (χ2v) is 5.79. The third-order valence-electron chi connectivity index (χ3n) is 3.06. The first-order chi connectivity index (χ1) is 9.10. The molecule has 0 bridgehead atoms. The van der Waals surface area contributed by atoms with Crippen LogP contribution in [0.3, 0.4) is 0 Å². The average Bonchev–Trinajstić information content (AvgIpc) is 2.86. The first kappa shape index (κ1) is 13.6. The number of amidine groups is 1. The van der Waals surface area contributed by atoms with Crippen LogP contribution in [0.2, 0.25) is 0 Å². The van der Waals surface area contributed by atoms with Crippen molar-refractivity contribution in [2.75, 3.05) is 11.9 Å². The van der Waals surface area contributed by atoms with Gasteiger partial charge in [-0.1, -0.05) is 19.1 Å². The summed E-state index contributed by atoms with van der Waals surface area (Å²) in [4.78, 5) is 4.95. The summed E-state index contributed by atoms with van der Waals surface area (Å²) in [5.41, 5.74) is 7.37. The third-order valence-corrected chi connectivity index (χ3v) is 4.27. The average molecular weight is 273 g/mol. The van der Waals surface area contributed by atoms with E-state index >= 15 is 0 Å². The lowest BCUT2D eigenvalue weighted by molar-refractivity contribution is 0.940. The molecule has 1 aromatic carbocycles. The molecule has 2 rings (SSSR count). The highest BCUT2D eigenvalue weighted by atomic mass is 32.1. The topological polar surface area (TPSA) is 53.1 Å². The fourth-order valence-electron chi connectivity index (χ4n) is 1.93. The molecule has 3 N–H and O–H groups in total. The first-order valence-electron chi connectivity index (χ1n) is 6.33. The molecule has 0 unspecified atom stereocenters. The highest BCUT2D eigenvalue weighted by molar-refractivity contribution is 7.12. The largest absolute Gasteiger partial charge is 0.384 e. The lowest BCUT2D eigenvalue weighted by Gasteiger charge is -2.19. The van der Waals surface area contributed by atoms with Gasteiger partial charge < -0.3 is 10.6 Å². The molecule has 1 heterocycles. The Kier molecular flexibility index (Phi) is 4.22. The van der Waals surface area contributed by atoms with Crippen LogP contribution in [-0.2, 0) is 13.0 Å². The molecule has 0 saturated heterocycles. The Balaban J connectivity index is 2.12. The number of nitrogens with one attached hydrogen (secondary N) is 1. The molecule has 0 amide bonds. The molecule has 1 aromatic heterocycles. The van der Waals surface area contributed by atoms with Crippen LogP contribution in [0.1, 0.15) is 22.2 Å². The molecule has 19 heavy (non-hydrogen) atoms. The highest BCUT2D eigenvalue weighted by Crippen LogP contribution is 2.22. The molecule has 0 fully saturated rings. The fourth-order valence-corrected chi connectivity index (χ4v) is 2.94. The summed E-state index contributed by atoms with van der Waals surface area (Å²) in [6, 6.07) is 12.2. The van der Waals surface area contributed by atoms with Crippen molar-refractivity contribution in [1.29, 1.82) is 5.41 Å². The molecule has 0 radical (unpaired) electrons. The quantitative estimate of drug-likeness (QED) is 0.649. The fraction of sp³-hybridized carbons (Fsp3) is 0.267. The zero-order valence-corrected chi connectivity index (χ0v) is 12.1. The van der Waals surface area contributed by atoms with E-state index in [1.165, 1.54) is 9.75 Å². The lowest BCUT2D eigenvalue weighted by atomic mass is 10.2. The van der Waals surface area contributed by atoms with Crippen LogP contribution in [0.5, 0.6) is 0 Å². The van der Waals surface area contributed by atoms with Gasteiger partial charge in [0.1, 0.15) is 5.84 Å². The molecule has 0 aliphatic rings. The Morgan fingerprint density at radius 2 is 2.00 bits per heavy atom. The molecule has 0 aliphatic heterocycles. The zero-order valence-electron chi connectivity index (χ0n) is 11.3. The van der Waals surface area contributed by atoms with Gasteiger partial charge >= 0.3 is 0 Å². The molecule has 0 aliphatic carbocycles. The molecule has 0 atom stereocenters. The maximum Gasteiger partial charge on any atom is 0.122 e. The summed E-state index contributed by atoms with van der Waals surface area (Å²) in [6.45, 7) is 3.06. The summed E-state index contributed by atoms with van der Waals surface area (Å²) < 4.78 is 0. The van der Waals surface area contributed by atoms with Crippen LogP contribution in [0.4, 0.5) is 5.69 Å².